The second-order valence-electron chi connectivity index (χ2n) is 10.6. The fourth-order valence-electron chi connectivity index (χ4n) is 5.01. The lowest BCUT2D eigenvalue weighted by atomic mass is 9.90. The molecule has 1 fully saturated rings. The Bertz CT molecular complexity index is 973. The third-order valence-corrected chi connectivity index (χ3v) is 7.10. The minimum Gasteiger partial charge on any atom is -0.449 e. The summed E-state index contributed by atoms with van der Waals surface area (Å²) in [5, 5.41) is 16.8. The van der Waals surface area contributed by atoms with Crippen LogP contribution in [0.3, 0.4) is 0 Å². The summed E-state index contributed by atoms with van der Waals surface area (Å²) in [6.07, 6.45) is 6.68. The largest absolute Gasteiger partial charge is 0.449 e. The van der Waals surface area contributed by atoms with Gasteiger partial charge in [0.15, 0.2) is 5.43 Å². The fraction of sp³-hybridized carbons (Fsp3) is 0.621. The van der Waals surface area contributed by atoms with Crippen LogP contribution in [0.1, 0.15) is 90.2 Å². The van der Waals surface area contributed by atoms with E-state index in [2.05, 4.69) is 10.6 Å². The molecule has 1 aliphatic rings. The van der Waals surface area contributed by atoms with Gasteiger partial charge in [0.05, 0.1) is 12.6 Å². The van der Waals surface area contributed by atoms with Crippen molar-refractivity contribution < 1.29 is 19.4 Å². The topological polar surface area (TPSA) is 105 Å². The predicted octanol–water partition coefficient (Wildman–Crippen LogP) is 5.02. The molecule has 198 valence electrons. The summed E-state index contributed by atoms with van der Waals surface area (Å²) in [7, 11) is 0. The highest BCUT2D eigenvalue weighted by atomic mass is 16.5. The Balaban J connectivity index is 1.64. The number of aliphatic hydroxyl groups is 1. The van der Waals surface area contributed by atoms with E-state index in [0.29, 0.717) is 36.5 Å². The molecule has 1 aliphatic carbocycles. The van der Waals surface area contributed by atoms with E-state index in [0.717, 1.165) is 31.2 Å². The number of benzene rings is 1. The molecule has 1 saturated carbocycles. The van der Waals surface area contributed by atoms with Gasteiger partial charge in [0.2, 0.25) is 5.91 Å². The predicted molar refractivity (Wildman–Crippen MR) is 141 cm³/mol. The first-order valence-corrected chi connectivity index (χ1v) is 13.6. The highest BCUT2D eigenvalue weighted by Gasteiger charge is 2.36. The summed E-state index contributed by atoms with van der Waals surface area (Å²) >= 11 is 0. The zero-order valence-electron chi connectivity index (χ0n) is 21.9. The molecule has 3 rings (SSSR count). The van der Waals surface area contributed by atoms with Crippen molar-refractivity contribution in [2.75, 3.05) is 6.61 Å². The number of aliphatic hydroxyl groups excluding tert-OH is 1. The van der Waals surface area contributed by atoms with Gasteiger partial charge in [-0.2, -0.15) is 0 Å². The number of ether oxygens (including phenoxy) is 1. The van der Waals surface area contributed by atoms with Crippen molar-refractivity contribution in [1.82, 2.24) is 10.6 Å². The molecule has 7 heteroatoms. The smallest absolute Gasteiger partial charge is 0.407 e. The van der Waals surface area contributed by atoms with Crippen LogP contribution in [-0.2, 0) is 9.53 Å². The Morgan fingerprint density at radius 3 is 2.42 bits per heavy atom. The van der Waals surface area contributed by atoms with E-state index in [4.69, 9.17) is 4.74 Å². The maximum Gasteiger partial charge on any atom is 0.407 e. The Labute approximate surface area is 214 Å². The van der Waals surface area contributed by atoms with Crippen molar-refractivity contribution in [3.63, 3.8) is 0 Å². The SMILES string of the molecule is CCCC[C@H](NC(=O)[C@H](CC(C)C)NC(=O)OCC1CCCCC1)C(O)c1c(-c2ccccc2)c1=O. The second kappa shape index (κ2) is 13.6. The van der Waals surface area contributed by atoms with Crippen LogP contribution in [0.15, 0.2) is 35.1 Å². The molecule has 0 heterocycles. The first kappa shape index (κ1) is 27.9. The number of alkyl carbamates (subject to hydrolysis) is 1. The van der Waals surface area contributed by atoms with Crippen LogP contribution in [0.4, 0.5) is 4.79 Å². The van der Waals surface area contributed by atoms with Crippen LogP contribution in [0, 0.1) is 11.8 Å². The molecule has 1 unspecified atom stereocenters. The van der Waals surface area contributed by atoms with Gasteiger partial charge >= 0.3 is 6.09 Å². The van der Waals surface area contributed by atoms with Crippen molar-refractivity contribution in [3.8, 4) is 11.1 Å². The van der Waals surface area contributed by atoms with E-state index in [1.54, 1.807) is 0 Å². The van der Waals surface area contributed by atoms with Crippen LogP contribution in [0.25, 0.3) is 11.1 Å². The molecule has 0 aliphatic heterocycles. The van der Waals surface area contributed by atoms with Crippen molar-refractivity contribution in [2.45, 2.75) is 96.7 Å². The molecule has 0 aromatic heterocycles. The zero-order valence-corrected chi connectivity index (χ0v) is 21.9. The molecule has 2 aromatic carbocycles. The van der Waals surface area contributed by atoms with Crippen LogP contribution in [-0.4, -0.2) is 35.8 Å². The van der Waals surface area contributed by atoms with Gasteiger partial charge in [0.1, 0.15) is 12.1 Å². The highest BCUT2D eigenvalue weighted by Crippen LogP contribution is 2.33. The third kappa shape index (κ3) is 7.92. The van der Waals surface area contributed by atoms with Gasteiger partial charge in [-0.15, -0.1) is 0 Å². The average molecular weight is 499 g/mol. The van der Waals surface area contributed by atoms with Crippen molar-refractivity contribution >= 4 is 12.0 Å². The standard InChI is InChI=1S/C29H42N2O5/c1-4-5-16-22(26(32)25-24(27(25)33)21-14-10-7-11-15-21)30-28(34)23(17-19(2)3)31-29(35)36-18-20-12-8-6-9-13-20/h7,10-11,14-15,19-20,22-23,26,32H,4-6,8-9,12-13,16-18H2,1-3H3,(H,30,34)(H,31,35)/t22-,23-,26?/m0/s1. The molecule has 3 atom stereocenters. The fourth-order valence-corrected chi connectivity index (χ4v) is 5.01. The number of hydrogen-bond donors (Lipinski definition) is 3. The van der Waals surface area contributed by atoms with E-state index in [9.17, 15) is 19.5 Å². The lowest BCUT2D eigenvalue weighted by Gasteiger charge is -2.27. The maximum atomic E-state index is 13.3. The van der Waals surface area contributed by atoms with Crippen molar-refractivity contribution in [2.24, 2.45) is 11.8 Å². The Morgan fingerprint density at radius 1 is 1.08 bits per heavy atom. The van der Waals surface area contributed by atoms with Crippen molar-refractivity contribution in [1.29, 1.82) is 0 Å². The summed E-state index contributed by atoms with van der Waals surface area (Å²) in [5.74, 6) is 0.183. The van der Waals surface area contributed by atoms with Gasteiger partial charge < -0.3 is 20.5 Å². The minimum atomic E-state index is -1.10. The second-order valence-corrected chi connectivity index (χ2v) is 10.6. The molecule has 2 amide bonds. The van der Waals surface area contributed by atoms with Crippen LogP contribution < -0.4 is 16.1 Å². The number of hydrogen-bond acceptors (Lipinski definition) is 5. The first-order chi connectivity index (χ1) is 17.3. The molecule has 0 spiro atoms. The molecule has 0 saturated heterocycles. The molecule has 7 nitrogen and oxygen atoms in total. The van der Waals surface area contributed by atoms with E-state index in [1.807, 2.05) is 51.1 Å². The molecule has 2 aromatic rings. The number of carbonyl (C=O) groups is 2. The Kier molecular flexibility index (Phi) is 10.5. The van der Waals surface area contributed by atoms with Crippen LogP contribution in [0.5, 0.6) is 0 Å². The summed E-state index contributed by atoms with van der Waals surface area (Å²) in [6, 6.07) is 7.86. The van der Waals surface area contributed by atoms with Crippen molar-refractivity contribution in [3.05, 3.63) is 46.1 Å². The highest BCUT2D eigenvalue weighted by molar-refractivity contribution is 5.86. The first-order valence-electron chi connectivity index (χ1n) is 13.6. The van der Waals surface area contributed by atoms with E-state index < -0.39 is 24.3 Å². The quantitative estimate of drug-likeness (QED) is 0.360. The molecular formula is C29H42N2O5. The number of carbonyl (C=O) groups excluding carboxylic acids is 2. The number of amides is 2. The lowest BCUT2D eigenvalue weighted by Crippen LogP contribution is -2.51. The lowest BCUT2D eigenvalue weighted by molar-refractivity contribution is -0.125. The normalized spacial score (nSPS) is 17.0. The van der Waals surface area contributed by atoms with Gasteiger partial charge in [0, 0.05) is 11.1 Å². The van der Waals surface area contributed by atoms with Crippen LogP contribution >= 0.6 is 0 Å². The van der Waals surface area contributed by atoms with Gasteiger partial charge in [-0.05, 0) is 43.1 Å². The minimum absolute atomic E-state index is 0.160. The number of rotatable bonds is 13. The van der Waals surface area contributed by atoms with Gasteiger partial charge in [0.25, 0.3) is 0 Å². The molecular weight excluding hydrogens is 456 g/mol. The summed E-state index contributed by atoms with van der Waals surface area (Å²) in [4.78, 5) is 38.3. The van der Waals surface area contributed by atoms with E-state index >= 15 is 0 Å². The monoisotopic (exact) mass is 498 g/mol. The van der Waals surface area contributed by atoms with Gasteiger partial charge in [-0.1, -0.05) is 83.2 Å². The summed E-state index contributed by atoms with van der Waals surface area (Å²) in [6.45, 7) is 6.38. The van der Waals surface area contributed by atoms with E-state index in [-0.39, 0.29) is 17.3 Å². The maximum absolute atomic E-state index is 13.3. The Morgan fingerprint density at radius 2 is 1.78 bits per heavy atom. The summed E-state index contributed by atoms with van der Waals surface area (Å²) < 4.78 is 5.45. The summed E-state index contributed by atoms with van der Waals surface area (Å²) in [5.41, 5.74) is 1.51. The average Bonchev–Trinajstić information content (AvgIpc) is 3.55. The van der Waals surface area contributed by atoms with Gasteiger partial charge in [-0.25, -0.2) is 4.79 Å². The molecule has 0 radical (unpaired) electrons. The molecule has 36 heavy (non-hydrogen) atoms. The Hall–Kier alpha value is -2.67. The van der Waals surface area contributed by atoms with Gasteiger partial charge in [-0.3, -0.25) is 9.59 Å². The molecule has 3 N–H and O–H groups in total. The third-order valence-electron chi connectivity index (χ3n) is 7.10. The number of nitrogens with one attached hydrogen (secondary N) is 2. The van der Waals surface area contributed by atoms with E-state index in [1.165, 1.54) is 19.3 Å². The molecule has 0 bridgehead atoms. The number of unbranched alkanes of at least 4 members (excludes halogenated alkanes) is 1. The zero-order chi connectivity index (χ0) is 26.1. The van der Waals surface area contributed by atoms with Crippen LogP contribution in [0.2, 0.25) is 0 Å².